The second-order valence-corrected chi connectivity index (χ2v) is 4.76. The average Bonchev–Trinajstić information content (AvgIpc) is 2.85. The van der Waals surface area contributed by atoms with Crippen LogP contribution in [-0.4, -0.2) is 24.3 Å². The first-order valence-corrected chi connectivity index (χ1v) is 7.22. The number of ether oxygens (including phenoxy) is 1. The van der Waals surface area contributed by atoms with Crippen LogP contribution in [0.4, 0.5) is 0 Å². The molecule has 2 aromatic rings. The molecule has 104 valence electrons. The Morgan fingerprint density at radius 1 is 1.16 bits per heavy atom. The number of hydrogen-bond acceptors (Lipinski definition) is 2. The summed E-state index contributed by atoms with van der Waals surface area (Å²) in [6, 6.07) is 8.69. The summed E-state index contributed by atoms with van der Waals surface area (Å²) in [5.41, 5.74) is 2.70. The molecular weight excluding hydrogens is 236 g/mol. The van der Waals surface area contributed by atoms with Gasteiger partial charge >= 0.3 is 0 Å². The predicted molar refractivity (Wildman–Crippen MR) is 80.4 cm³/mol. The maximum Gasteiger partial charge on any atom is 0.0645 e. The van der Waals surface area contributed by atoms with E-state index in [1.54, 1.807) is 0 Å². The molecule has 3 heteroatoms. The zero-order valence-corrected chi connectivity index (χ0v) is 12.0. The molecule has 3 nitrogen and oxygen atoms in total. The molecule has 0 aliphatic rings. The number of hydrogen-bond donors (Lipinski definition) is 1. The summed E-state index contributed by atoms with van der Waals surface area (Å²) >= 11 is 0. The van der Waals surface area contributed by atoms with Gasteiger partial charge in [0.2, 0.25) is 0 Å². The van der Waals surface area contributed by atoms with E-state index in [0.29, 0.717) is 0 Å². The van der Waals surface area contributed by atoms with Crippen molar-refractivity contribution < 1.29 is 4.74 Å². The van der Waals surface area contributed by atoms with Gasteiger partial charge in [-0.2, -0.15) is 0 Å². The number of rotatable bonds is 8. The summed E-state index contributed by atoms with van der Waals surface area (Å²) in [7, 11) is 0. The van der Waals surface area contributed by atoms with Crippen molar-refractivity contribution in [3.63, 3.8) is 0 Å². The van der Waals surface area contributed by atoms with Crippen LogP contribution in [-0.2, 0) is 17.8 Å². The van der Waals surface area contributed by atoms with Crippen molar-refractivity contribution in [2.75, 3.05) is 19.8 Å². The highest BCUT2D eigenvalue weighted by atomic mass is 16.5. The van der Waals surface area contributed by atoms with Crippen molar-refractivity contribution in [2.45, 2.75) is 33.4 Å². The van der Waals surface area contributed by atoms with Crippen molar-refractivity contribution >= 4 is 10.9 Å². The number of nitrogens with zero attached hydrogens (tertiary/aromatic N) is 1. The maximum atomic E-state index is 5.59. The SMILES string of the molecule is CCCOCCn1ccc2cccc(CNCC)c21. The molecule has 1 aromatic heterocycles. The zero-order valence-electron chi connectivity index (χ0n) is 12.0. The molecule has 0 spiro atoms. The van der Waals surface area contributed by atoms with Gasteiger partial charge in [0.1, 0.15) is 0 Å². The van der Waals surface area contributed by atoms with E-state index in [9.17, 15) is 0 Å². The lowest BCUT2D eigenvalue weighted by Crippen LogP contribution is -2.13. The molecule has 0 amide bonds. The Kier molecular flexibility index (Phi) is 5.43. The first-order chi connectivity index (χ1) is 9.36. The van der Waals surface area contributed by atoms with E-state index in [1.165, 1.54) is 16.5 Å². The molecule has 0 aliphatic heterocycles. The minimum Gasteiger partial charge on any atom is -0.380 e. The van der Waals surface area contributed by atoms with Gasteiger partial charge in [-0.05, 0) is 30.0 Å². The quantitative estimate of drug-likeness (QED) is 0.738. The number of nitrogens with one attached hydrogen (secondary N) is 1. The van der Waals surface area contributed by atoms with Crippen LogP contribution in [0.15, 0.2) is 30.5 Å². The van der Waals surface area contributed by atoms with Gasteiger partial charge in [-0.15, -0.1) is 0 Å². The lowest BCUT2D eigenvalue weighted by molar-refractivity contribution is 0.127. The van der Waals surface area contributed by atoms with E-state index in [-0.39, 0.29) is 0 Å². The topological polar surface area (TPSA) is 26.2 Å². The summed E-state index contributed by atoms with van der Waals surface area (Å²) in [5.74, 6) is 0. The monoisotopic (exact) mass is 260 g/mol. The van der Waals surface area contributed by atoms with Gasteiger partial charge in [0.25, 0.3) is 0 Å². The molecule has 1 heterocycles. The fourth-order valence-corrected chi connectivity index (χ4v) is 2.34. The third-order valence-corrected chi connectivity index (χ3v) is 3.26. The Balaban J connectivity index is 2.14. The second-order valence-electron chi connectivity index (χ2n) is 4.76. The molecule has 19 heavy (non-hydrogen) atoms. The molecule has 0 saturated heterocycles. The molecule has 0 aliphatic carbocycles. The van der Waals surface area contributed by atoms with Gasteiger partial charge in [0.05, 0.1) is 12.1 Å². The van der Waals surface area contributed by atoms with Crippen molar-refractivity contribution in [1.29, 1.82) is 0 Å². The number of aromatic nitrogens is 1. The molecular formula is C16H24N2O. The van der Waals surface area contributed by atoms with Crippen LogP contribution in [0.1, 0.15) is 25.8 Å². The second kappa shape index (κ2) is 7.31. The third-order valence-electron chi connectivity index (χ3n) is 3.26. The first-order valence-electron chi connectivity index (χ1n) is 7.22. The number of fused-ring (bicyclic) bond motifs is 1. The third kappa shape index (κ3) is 3.58. The van der Waals surface area contributed by atoms with Gasteiger partial charge in [0, 0.05) is 25.9 Å². The lowest BCUT2D eigenvalue weighted by atomic mass is 10.1. The van der Waals surface area contributed by atoms with E-state index >= 15 is 0 Å². The Hall–Kier alpha value is -1.32. The summed E-state index contributed by atoms with van der Waals surface area (Å²) in [5, 5.41) is 4.72. The minimum atomic E-state index is 0.785. The summed E-state index contributed by atoms with van der Waals surface area (Å²) in [6.45, 7) is 8.75. The Bertz CT molecular complexity index is 504. The highest BCUT2D eigenvalue weighted by molar-refractivity contribution is 5.83. The van der Waals surface area contributed by atoms with Crippen LogP contribution in [0, 0.1) is 0 Å². The van der Waals surface area contributed by atoms with Crippen molar-refractivity contribution in [3.05, 3.63) is 36.0 Å². The molecule has 1 aromatic carbocycles. The maximum absolute atomic E-state index is 5.59. The minimum absolute atomic E-state index is 0.785. The summed E-state index contributed by atoms with van der Waals surface area (Å²) in [6.07, 6.45) is 3.24. The fourth-order valence-electron chi connectivity index (χ4n) is 2.34. The Morgan fingerprint density at radius 2 is 2.05 bits per heavy atom. The molecule has 0 atom stereocenters. The number of benzene rings is 1. The van der Waals surface area contributed by atoms with Crippen LogP contribution in [0.5, 0.6) is 0 Å². The largest absolute Gasteiger partial charge is 0.380 e. The van der Waals surface area contributed by atoms with Gasteiger partial charge < -0.3 is 14.6 Å². The van der Waals surface area contributed by atoms with E-state index in [0.717, 1.165) is 39.3 Å². The first kappa shape index (κ1) is 14.1. The number of para-hydroxylation sites is 1. The van der Waals surface area contributed by atoms with Crippen LogP contribution in [0.25, 0.3) is 10.9 Å². The van der Waals surface area contributed by atoms with E-state index in [4.69, 9.17) is 4.74 Å². The van der Waals surface area contributed by atoms with Crippen molar-refractivity contribution in [1.82, 2.24) is 9.88 Å². The average molecular weight is 260 g/mol. The van der Waals surface area contributed by atoms with Gasteiger partial charge in [-0.25, -0.2) is 0 Å². The molecule has 0 unspecified atom stereocenters. The van der Waals surface area contributed by atoms with Crippen LogP contribution >= 0.6 is 0 Å². The Morgan fingerprint density at radius 3 is 2.84 bits per heavy atom. The van der Waals surface area contributed by atoms with Gasteiger partial charge in [-0.3, -0.25) is 0 Å². The van der Waals surface area contributed by atoms with E-state index < -0.39 is 0 Å². The van der Waals surface area contributed by atoms with Crippen LogP contribution < -0.4 is 5.32 Å². The molecule has 0 radical (unpaired) electrons. The fraction of sp³-hybridized carbons (Fsp3) is 0.500. The smallest absolute Gasteiger partial charge is 0.0645 e. The summed E-state index contributed by atoms with van der Waals surface area (Å²) < 4.78 is 7.89. The van der Waals surface area contributed by atoms with Gasteiger partial charge in [-0.1, -0.05) is 32.0 Å². The molecule has 0 fully saturated rings. The molecule has 2 rings (SSSR count). The van der Waals surface area contributed by atoms with Crippen molar-refractivity contribution in [3.8, 4) is 0 Å². The Labute approximate surface area is 115 Å². The van der Waals surface area contributed by atoms with Crippen molar-refractivity contribution in [2.24, 2.45) is 0 Å². The normalized spacial score (nSPS) is 11.3. The lowest BCUT2D eigenvalue weighted by Gasteiger charge is -2.10. The standard InChI is InChI=1S/C16H24N2O/c1-3-11-19-12-10-18-9-8-14-6-5-7-15(16(14)18)13-17-4-2/h5-9,17H,3-4,10-13H2,1-2H3. The van der Waals surface area contributed by atoms with Crippen LogP contribution in [0.3, 0.4) is 0 Å². The molecule has 0 bridgehead atoms. The molecule has 0 saturated carbocycles. The highest BCUT2D eigenvalue weighted by Gasteiger charge is 2.06. The van der Waals surface area contributed by atoms with Gasteiger partial charge in [0.15, 0.2) is 0 Å². The van der Waals surface area contributed by atoms with E-state index in [1.807, 2.05) is 0 Å². The van der Waals surface area contributed by atoms with Crippen LogP contribution in [0.2, 0.25) is 0 Å². The zero-order chi connectivity index (χ0) is 13.5. The van der Waals surface area contributed by atoms with E-state index in [2.05, 4.69) is 54.2 Å². The highest BCUT2D eigenvalue weighted by Crippen LogP contribution is 2.20. The summed E-state index contributed by atoms with van der Waals surface area (Å²) in [4.78, 5) is 0. The molecule has 1 N–H and O–H groups in total. The predicted octanol–water partition coefficient (Wildman–Crippen LogP) is 3.18.